The Morgan fingerprint density at radius 3 is 2.82 bits per heavy atom. The lowest BCUT2D eigenvalue weighted by Gasteiger charge is -2.04. The minimum atomic E-state index is -0.0572. The van der Waals surface area contributed by atoms with Gasteiger partial charge in [-0.3, -0.25) is 4.79 Å². The summed E-state index contributed by atoms with van der Waals surface area (Å²) in [7, 11) is 0. The minimum Gasteiger partial charge on any atom is -0.347 e. The molecule has 0 bridgehead atoms. The zero-order valence-corrected chi connectivity index (χ0v) is 10.9. The highest BCUT2D eigenvalue weighted by Gasteiger charge is 2.05. The maximum Gasteiger partial charge on any atom is 0.251 e. The molecule has 1 aromatic heterocycles. The summed E-state index contributed by atoms with van der Waals surface area (Å²) in [5, 5.41) is 2.87. The Kier molecular flexibility index (Phi) is 3.82. The lowest BCUT2D eigenvalue weighted by molar-refractivity contribution is 0.0951. The van der Waals surface area contributed by atoms with Gasteiger partial charge in [0.15, 0.2) is 0 Å². The van der Waals surface area contributed by atoms with E-state index in [1.54, 1.807) is 0 Å². The van der Waals surface area contributed by atoms with Crippen LogP contribution in [-0.4, -0.2) is 5.91 Å². The average molecular weight is 266 g/mol. The highest BCUT2D eigenvalue weighted by molar-refractivity contribution is 7.16. The van der Waals surface area contributed by atoms with Crippen LogP contribution in [0.3, 0.4) is 0 Å². The number of carbonyl (C=O) groups is 1. The number of aryl methyl sites for hydroxylation is 1. The Hall–Kier alpha value is -1.32. The van der Waals surface area contributed by atoms with Crippen molar-refractivity contribution < 1.29 is 4.79 Å². The van der Waals surface area contributed by atoms with E-state index in [9.17, 15) is 4.79 Å². The van der Waals surface area contributed by atoms with Crippen LogP contribution >= 0.6 is 22.9 Å². The molecule has 4 heteroatoms. The first-order chi connectivity index (χ1) is 8.15. The molecular weight excluding hydrogens is 254 g/mol. The van der Waals surface area contributed by atoms with Gasteiger partial charge >= 0.3 is 0 Å². The van der Waals surface area contributed by atoms with Crippen LogP contribution in [0.4, 0.5) is 0 Å². The summed E-state index contributed by atoms with van der Waals surface area (Å²) >= 11 is 7.30. The Morgan fingerprint density at radius 1 is 1.35 bits per heavy atom. The SMILES string of the molecule is Cc1cccc(C(=O)NCc2ccc(Cl)s2)c1. The van der Waals surface area contributed by atoms with Crippen LogP contribution in [0.5, 0.6) is 0 Å². The van der Waals surface area contributed by atoms with Crippen LogP contribution in [-0.2, 0) is 6.54 Å². The van der Waals surface area contributed by atoms with Crippen molar-refractivity contribution in [3.63, 3.8) is 0 Å². The van der Waals surface area contributed by atoms with Gasteiger partial charge in [0.05, 0.1) is 10.9 Å². The van der Waals surface area contributed by atoms with E-state index < -0.39 is 0 Å². The zero-order valence-electron chi connectivity index (χ0n) is 9.37. The van der Waals surface area contributed by atoms with Crippen molar-refractivity contribution >= 4 is 28.8 Å². The number of amides is 1. The molecule has 0 aliphatic carbocycles. The molecule has 0 radical (unpaired) electrons. The number of carbonyl (C=O) groups excluding carboxylic acids is 1. The largest absolute Gasteiger partial charge is 0.347 e. The summed E-state index contributed by atoms with van der Waals surface area (Å²) in [4.78, 5) is 12.9. The first-order valence-corrected chi connectivity index (χ1v) is 6.43. The van der Waals surface area contributed by atoms with E-state index in [-0.39, 0.29) is 5.91 Å². The van der Waals surface area contributed by atoms with Crippen LogP contribution in [0, 0.1) is 6.92 Å². The lowest BCUT2D eigenvalue weighted by atomic mass is 10.1. The van der Waals surface area contributed by atoms with E-state index in [4.69, 9.17) is 11.6 Å². The lowest BCUT2D eigenvalue weighted by Crippen LogP contribution is -2.22. The number of rotatable bonds is 3. The molecule has 0 aliphatic rings. The molecule has 0 saturated carbocycles. The average Bonchev–Trinajstić information content (AvgIpc) is 2.72. The van der Waals surface area contributed by atoms with Crippen LogP contribution in [0.25, 0.3) is 0 Å². The smallest absolute Gasteiger partial charge is 0.251 e. The second-order valence-electron chi connectivity index (χ2n) is 3.76. The van der Waals surface area contributed by atoms with Crippen molar-refractivity contribution in [3.8, 4) is 0 Å². The van der Waals surface area contributed by atoms with E-state index in [1.165, 1.54) is 11.3 Å². The molecule has 2 aromatic rings. The monoisotopic (exact) mass is 265 g/mol. The van der Waals surface area contributed by atoms with Gasteiger partial charge in [-0.05, 0) is 31.2 Å². The number of benzene rings is 1. The van der Waals surface area contributed by atoms with Crippen molar-refractivity contribution in [2.24, 2.45) is 0 Å². The van der Waals surface area contributed by atoms with E-state index in [1.807, 2.05) is 43.3 Å². The summed E-state index contributed by atoms with van der Waals surface area (Å²) in [6.45, 7) is 2.49. The predicted octanol–water partition coefficient (Wildman–Crippen LogP) is 3.64. The first kappa shape index (κ1) is 12.1. The molecule has 0 spiro atoms. The molecule has 1 amide bonds. The molecule has 2 rings (SSSR count). The summed E-state index contributed by atoms with van der Waals surface area (Å²) in [6.07, 6.45) is 0. The maximum atomic E-state index is 11.8. The Morgan fingerprint density at radius 2 is 2.18 bits per heavy atom. The summed E-state index contributed by atoms with van der Waals surface area (Å²) < 4.78 is 0.741. The number of hydrogen-bond acceptors (Lipinski definition) is 2. The van der Waals surface area contributed by atoms with Gasteiger partial charge in [0.1, 0.15) is 0 Å². The standard InChI is InChI=1S/C13H12ClNOS/c1-9-3-2-4-10(7-9)13(16)15-8-11-5-6-12(14)17-11/h2-7H,8H2,1H3,(H,15,16). The van der Waals surface area contributed by atoms with Gasteiger partial charge in [-0.15, -0.1) is 11.3 Å². The van der Waals surface area contributed by atoms with E-state index in [0.717, 1.165) is 14.8 Å². The number of thiophene rings is 1. The normalized spacial score (nSPS) is 10.2. The Balaban J connectivity index is 1.98. The van der Waals surface area contributed by atoms with Gasteiger partial charge in [-0.25, -0.2) is 0 Å². The van der Waals surface area contributed by atoms with Crippen LogP contribution in [0.1, 0.15) is 20.8 Å². The molecule has 17 heavy (non-hydrogen) atoms. The van der Waals surface area contributed by atoms with Crippen LogP contribution in [0.2, 0.25) is 4.34 Å². The maximum absolute atomic E-state index is 11.8. The second-order valence-corrected chi connectivity index (χ2v) is 5.56. The minimum absolute atomic E-state index is 0.0572. The molecule has 2 nitrogen and oxygen atoms in total. The van der Waals surface area contributed by atoms with Crippen molar-refractivity contribution in [2.45, 2.75) is 13.5 Å². The summed E-state index contributed by atoms with van der Waals surface area (Å²) in [5.74, 6) is -0.0572. The molecule has 0 unspecified atom stereocenters. The van der Waals surface area contributed by atoms with Gasteiger partial charge < -0.3 is 5.32 Å². The quantitative estimate of drug-likeness (QED) is 0.902. The fraction of sp³-hybridized carbons (Fsp3) is 0.154. The van der Waals surface area contributed by atoms with Gasteiger partial charge in [0, 0.05) is 10.4 Å². The fourth-order valence-corrected chi connectivity index (χ4v) is 2.53. The van der Waals surface area contributed by atoms with Crippen LogP contribution < -0.4 is 5.32 Å². The van der Waals surface area contributed by atoms with Crippen molar-refractivity contribution in [2.75, 3.05) is 0 Å². The summed E-state index contributed by atoms with van der Waals surface area (Å²) in [5.41, 5.74) is 1.77. The van der Waals surface area contributed by atoms with Gasteiger partial charge in [0.25, 0.3) is 5.91 Å². The third-order valence-electron chi connectivity index (χ3n) is 2.33. The van der Waals surface area contributed by atoms with Gasteiger partial charge in [-0.2, -0.15) is 0 Å². The Labute approximate surface area is 109 Å². The summed E-state index contributed by atoms with van der Waals surface area (Å²) in [6, 6.07) is 11.3. The predicted molar refractivity (Wildman–Crippen MR) is 71.7 cm³/mol. The number of nitrogens with one attached hydrogen (secondary N) is 1. The van der Waals surface area contributed by atoms with Crippen molar-refractivity contribution in [1.82, 2.24) is 5.32 Å². The zero-order chi connectivity index (χ0) is 12.3. The topological polar surface area (TPSA) is 29.1 Å². The number of hydrogen-bond donors (Lipinski definition) is 1. The first-order valence-electron chi connectivity index (χ1n) is 5.24. The fourth-order valence-electron chi connectivity index (χ4n) is 1.50. The van der Waals surface area contributed by atoms with E-state index in [2.05, 4.69) is 5.32 Å². The molecule has 1 aromatic carbocycles. The third-order valence-corrected chi connectivity index (χ3v) is 3.56. The third kappa shape index (κ3) is 3.32. The molecule has 1 N–H and O–H groups in total. The number of halogens is 1. The molecule has 0 atom stereocenters. The van der Waals surface area contributed by atoms with Crippen LogP contribution in [0.15, 0.2) is 36.4 Å². The second kappa shape index (κ2) is 5.34. The molecule has 88 valence electrons. The van der Waals surface area contributed by atoms with Gasteiger partial charge in [-0.1, -0.05) is 29.3 Å². The van der Waals surface area contributed by atoms with Crippen molar-refractivity contribution in [1.29, 1.82) is 0 Å². The van der Waals surface area contributed by atoms with E-state index >= 15 is 0 Å². The molecule has 0 fully saturated rings. The highest BCUT2D eigenvalue weighted by atomic mass is 35.5. The molecule has 0 aliphatic heterocycles. The molecule has 0 saturated heterocycles. The molecular formula is C13H12ClNOS. The van der Waals surface area contributed by atoms with Crippen molar-refractivity contribution in [3.05, 3.63) is 56.7 Å². The van der Waals surface area contributed by atoms with Gasteiger partial charge in [0.2, 0.25) is 0 Å². The van der Waals surface area contributed by atoms with E-state index in [0.29, 0.717) is 12.1 Å². The Bertz CT molecular complexity index is 536. The molecule has 1 heterocycles. The highest BCUT2D eigenvalue weighted by Crippen LogP contribution is 2.21.